The average Bonchev–Trinajstić information content (AvgIpc) is 2.53. The Kier molecular flexibility index (Phi) is 3.52. The maximum Gasteiger partial charge on any atom is 0.417 e. The molecular formula is C17H10F3NO2. The molecule has 0 bridgehead atoms. The van der Waals surface area contributed by atoms with E-state index in [-0.39, 0.29) is 10.9 Å². The minimum Gasteiger partial charge on any atom is -0.478 e. The van der Waals surface area contributed by atoms with E-state index >= 15 is 0 Å². The summed E-state index contributed by atoms with van der Waals surface area (Å²) in [5.74, 6) is -1.66. The molecule has 3 rings (SSSR count). The molecule has 6 heteroatoms. The maximum absolute atomic E-state index is 13.4. The summed E-state index contributed by atoms with van der Waals surface area (Å²) in [6.07, 6.45) is -4.04. The summed E-state index contributed by atoms with van der Waals surface area (Å²) in [6, 6.07) is 13.3. The molecule has 0 spiro atoms. The van der Waals surface area contributed by atoms with Gasteiger partial charge in [-0.3, -0.25) is 4.98 Å². The number of carboxylic acid groups (broad SMARTS) is 1. The van der Waals surface area contributed by atoms with E-state index in [0.29, 0.717) is 5.56 Å². The van der Waals surface area contributed by atoms with Crippen molar-refractivity contribution in [3.63, 3.8) is 0 Å². The summed E-state index contributed by atoms with van der Waals surface area (Å²) in [7, 11) is 0. The Labute approximate surface area is 129 Å². The van der Waals surface area contributed by atoms with Crippen molar-refractivity contribution in [1.82, 2.24) is 4.98 Å². The Morgan fingerprint density at radius 1 is 1.00 bits per heavy atom. The average molecular weight is 317 g/mol. The van der Waals surface area contributed by atoms with Gasteiger partial charge in [-0.1, -0.05) is 36.4 Å². The molecule has 2 aromatic carbocycles. The van der Waals surface area contributed by atoms with Crippen molar-refractivity contribution >= 4 is 16.9 Å². The number of carboxylic acids is 1. The van der Waals surface area contributed by atoms with Gasteiger partial charge in [-0.05, 0) is 23.3 Å². The largest absolute Gasteiger partial charge is 0.478 e. The lowest BCUT2D eigenvalue weighted by Crippen LogP contribution is -2.14. The number of aromatic carboxylic acids is 1. The van der Waals surface area contributed by atoms with Crippen molar-refractivity contribution < 1.29 is 23.1 Å². The molecule has 3 aromatic rings. The predicted octanol–water partition coefficient (Wildman–Crippen LogP) is 4.62. The Morgan fingerprint density at radius 3 is 2.30 bits per heavy atom. The Balaban J connectivity index is 2.34. The molecule has 0 saturated heterocycles. The first kappa shape index (κ1) is 15.0. The molecule has 0 unspecified atom stereocenters. The third-order valence-corrected chi connectivity index (χ3v) is 3.49. The van der Waals surface area contributed by atoms with Crippen LogP contribution in [0.3, 0.4) is 0 Å². The van der Waals surface area contributed by atoms with Gasteiger partial charge in [-0.15, -0.1) is 0 Å². The van der Waals surface area contributed by atoms with E-state index in [0.717, 1.165) is 11.8 Å². The number of alkyl halides is 3. The maximum atomic E-state index is 13.4. The van der Waals surface area contributed by atoms with E-state index in [2.05, 4.69) is 4.98 Å². The zero-order valence-electron chi connectivity index (χ0n) is 11.6. The molecule has 0 saturated carbocycles. The van der Waals surface area contributed by atoms with Crippen LogP contribution in [0.1, 0.15) is 15.9 Å². The molecular weight excluding hydrogens is 307 g/mol. The number of benzene rings is 2. The lowest BCUT2D eigenvalue weighted by atomic mass is 9.98. The minimum absolute atomic E-state index is 0.0991. The van der Waals surface area contributed by atoms with Crippen molar-refractivity contribution in [3.05, 3.63) is 65.9 Å². The molecule has 1 heterocycles. The van der Waals surface area contributed by atoms with Gasteiger partial charge in [0, 0.05) is 11.6 Å². The van der Waals surface area contributed by atoms with Crippen LogP contribution in [0.4, 0.5) is 13.2 Å². The number of rotatable bonds is 2. The van der Waals surface area contributed by atoms with Crippen LogP contribution >= 0.6 is 0 Å². The quantitative estimate of drug-likeness (QED) is 0.750. The van der Waals surface area contributed by atoms with Crippen molar-refractivity contribution in [3.8, 4) is 11.1 Å². The smallest absolute Gasteiger partial charge is 0.417 e. The molecule has 0 aliphatic rings. The number of carbonyl (C=O) groups is 1. The van der Waals surface area contributed by atoms with Crippen LogP contribution in [-0.2, 0) is 6.18 Å². The second-order valence-electron chi connectivity index (χ2n) is 4.95. The van der Waals surface area contributed by atoms with Crippen LogP contribution in [0, 0.1) is 0 Å². The van der Waals surface area contributed by atoms with Gasteiger partial charge in [0.15, 0.2) is 0 Å². The van der Waals surface area contributed by atoms with E-state index in [9.17, 15) is 18.0 Å². The fourth-order valence-corrected chi connectivity index (χ4v) is 2.47. The topological polar surface area (TPSA) is 50.2 Å². The summed E-state index contributed by atoms with van der Waals surface area (Å²) in [4.78, 5) is 15.0. The van der Waals surface area contributed by atoms with Crippen LogP contribution in [-0.4, -0.2) is 16.1 Å². The normalized spacial score (nSPS) is 11.6. The molecule has 23 heavy (non-hydrogen) atoms. The molecule has 1 aromatic heterocycles. The lowest BCUT2D eigenvalue weighted by molar-refractivity contribution is -0.136. The molecule has 3 nitrogen and oxygen atoms in total. The second kappa shape index (κ2) is 5.39. The highest BCUT2D eigenvalue weighted by Gasteiger charge is 2.37. The lowest BCUT2D eigenvalue weighted by Gasteiger charge is -2.14. The number of fused-ring (bicyclic) bond motifs is 1. The summed E-state index contributed by atoms with van der Waals surface area (Å²) < 4.78 is 40.1. The number of hydrogen-bond acceptors (Lipinski definition) is 2. The van der Waals surface area contributed by atoms with E-state index in [1.807, 2.05) is 0 Å². The first-order valence-corrected chi connectivity index (χ1v) is 6.66. The van der Waals surface area contributed by atoms with Gasteiger partial charge in [0.2, 0.25) is 0 Å². The molecule has 0 atom stereocenters. The van der Waals surface area contributed by atoms with Gasteiger partial charge in [0.1, 0.15) is 0 Å². The Hall–Kier alpha value is -2.89. The van der Waals surface area contributed by atoms with Crippen molar-refractivity contribution in [1.29, 1.82) is 0 Å². The van der Waals surface area contributed by atoms with Crippen molar-refractivity contribution in [2.45, 2.75) is 6.18 Å². The number of aromatic nitrogens is 1. The summed E-state index contributed by atoms with van der Waals surface area (Å²) in [6.45, 7) is 0. The monoisotopic (exact) mass is 317 g/mol. The zero-order chi connectivity index (χ0) is 16.6. The molecule has 0 aliphatic heterocycles. The van der Waals surface area contributed by atoms with Gasteiger partial charge in [0.25, 0.3) is 0 Å². The molecule has 0 fully saturated rings. The van der Waals surface area contributed by atoms with Gasteiger partial charge in [-0.2, -0.15) is 13.2 Å². The van der Waals surface area contributed by atoms with Crippen molar-refractivity contribution in [2.75, 3.05) is 0 Å². The summed E-state index contributed by atoms with van der Waals surface area (Å²) >= 11 is 0. The standard InChI is InChI=1S/C17H10F3NO2/c18-17(19,20)15-12-8-11(10-4-2-1-3-5-10)6-7-14(12)21-9-13(15)16(22)23/h1-9H,(H,22,23). The summed E-state index contributed by atoms with van der Waals surface area (Å²) in [5, 5.41) is 8.81. The predicted molar refractivity (Wildman–Crippen MR) is 79.1 cm³/mol. The Bertz CT molecular complexity index is 889. The van der Waals surface area contributed by atoms with E-state index in [1.54, 1.807) is 36.4 Å². The minimum atomic E-state index is -4.79. The summed E-state index contributed by atoms with van der Waals surface area (Å²) in [5.41, 5.74) is -0.624. The number of halogens is 3. The Morgan fingerprint density at radius 2 is 1.70 bits per heavy atom. The van der Waals surface area contributed by atoms with Crippen LogP contribution in [0.5, 0.6) is 0 Å². The van der Waals surface area contributed by atoms with Gasteiger partial charge in [0.05, 0.1) is 16.6 Å². The van der Waals surface area contributed by atoms with Gasteiger partial charge in [-0.25, -0.2) is 4.79 Å². The van der Waals surface area contributed by atoms with Crippen LogP contribution in [0.25, 0.3) is 22.0 Å². The van der Waals surface area contributed by atoms with E-state index < -0.39 is 23.3 Å². The SMILES string of the molecule is O=C(O)c1cnc2ccc(-c3ccccc3)cc2c1C(F)(F)F. The number of pyridine rings is 1. The van der Waals surface area contributed by atoms with Crippen LogP contribution in [0.15, 0.2) is 54.7 Å². The third-order valence-electron chi connectivity index (χ3n) is 3.49. The number of nitrogens with zero attached hydrogens (tertiary/aromatic N) is 1. The van der Waals surface area contributed by atoms with Crippen LogP contribution in [0.2, 0.25) is 0 Å². The van der Waals surface area contributed by atoms with Crippen LogP contribution < -0.4 is 0 Å². The number of hydrogen-bond donors (Lipinski definition) is 1. The molecule has 0 radical (unpaired) electrons. The molecule has 0 aliphatic carbocycles. The van der Waals surface area contributed by atoms with Gasteiger partial charge >= 0.3 is 12.1 Å². The molecule has 1 N–H and O–H groups in total. The first-order valence-electron chi connectivity index (χ1n) is 6.66. The third kappa shape index (κ3) is 2.75. The zero-order valence-corrected chi connectivity index (χ0v) is 11.6. The second-order valence-corrected chi connectivity index (χ2v) is 4.95. The van der Waals surface area contributed by atoms with E-state index in [1.165, 1.54) is 12.1 Å². The highest BCUT2D eigenvalue weighted by Crippen LogP contribution is 2.38. The van der Waals surface area contributed by atoms with Crippen molar-refractivity contribution in [2.24, 2.45) is 0 Å². The first-order chi connectivity index (χ1) is 10.9. The van der Waals surface area contributed by atoms with E-state index in [4.69, 9.17) is 5.11 Å². The fraction of sp³-hybridized carbons (Fsp3) is 0.0588. The molecule has 0 amide bonds. The highest BCUT2D eigenvalue weighted by atomic mass is 19.4. The molecule has 116 valence electrons. The highest BCUT2D eigenvalue weighted by molar-refractivity contribution is 5.97. The van der Waals surface area contributed by atoms with Gasteiger partial charge < -0.3 is 5.11 Å². The fourth-order valence-electron chi connectivity index (χ4n) is 2.47.